The summed E-state index contributed by atoms with van der Waals surface area (Å²) in [4.78, 5) is 0. The second-order valence-corrected chi connectivity index (χ2v) is 9.76. The molecule has 2 aromatic carbocycles. The Balaban J connectivity index is 0.00000109. The average molecular weight is 375 g/mol. The summed E-state index contributed by atoms with van der Waals surface area (Å²) in [7, 11) is 0. The van der Waals surface area contributed by atoms with Crippen LogP contribution in [0.5, 0.6) is 0 Å². The third kappa shape index (κ3) is 3.97. The lowest BCUT2D eigenvalue weighted by molar-refractivity contribution is 0.332. The molecule has 0 radical (unpaired) electrons. The second kappa shape index (κ2) is 7.90. The molecule has 0 unspecified atom stereocenters. The van der Waals surface area contributed by atoms with E-state index in [1.165, 1.54) is 59.9 Å². The van der Waals surface area contributed by atoms with Crippen molar-refractivity contribution in [2.45, 2.75) is 91.4 Å². The lowest BCUT2D eigenvalue weighted by Crippen LogP contribution is -2.33. The fourth-order valence-electron chi connectivity index (χ4n) is 4.89. The van der Waals surface area contributed by atoms with E-state index in [9.17, 15) is 0 Å². The number of aryl methyl sites for hydroxylation is 2. The molecule has 0 N–H and O–H groups in total. The zero-order valence-corrected chi connectivity index (χ0v) is 19.1. The molecule has 0 nitrogen and oxygen atoms in total. The smallest absolute Gasteiger partial charge is 0.0100 e. The number of hydrogen-bond donors (Lipinski definition) is 0. The fourth-order valence-corrected chi connectivity index (χ4v) is 4.89. The van der Waals surface area contributed by atoms with Crippen molar-refractivity contribution < 1.29 is 0 Å². The molecule has 0 aromatic heterocycles. The summed E-state index contributed by atoms with van der Waals surface area (Å²) in [5, 5.41) is 0. The van der Waals surface area contributed by atoms with E-state index in [1.807, 2.05) is 13.8 Å². The van der Waals surface area contributed by atoms with Crippen molar-refractivity contribution in [1.82, 2.24) is 0 Å². The quantitative estimate of drug-likeness (QED) is 0.471. The number of fused-ring (bicyclic) bond motifs is 2. The van der Waals surface area contributed by atoms with Gasteiger partial charge < -0.3 is 0 Å². The van der Waals surface area contributed by atoms with Crippen molar-refractivity contribution >= 4 is 11.6 Å². The van der Waals surface area contributed by atoms with Gasteiger partial charge in [0.15, 0.2) is 0 Å². The summed E-state index contributed by atoms with van der Waals surface area (Å²) in [6.45, 7) is 15.8. The molecule has 2 aromatic rings. The van der Waals surface area contributed by atoms with Crippen molar-refractivity contribution in [3.8, 4) is 0 Å². The van der Waals surface area contributed by atoms with Crippen LogP contribution in [0, 0.1) is 6.92 Å². The summed E-state index contributed by atoms with van der Waals surface area (Å²) in [6.07, 6.45) is 8.69. The first-order valence-corrected chi connectivity index (χ1v) is 11.2. The van der Waals surface area contributed by atoms with E-state index in [-0.39, 0.29) is 5.41 Å². The highest BCUT2D eigenvalue weighted by atomic mass is 14.4. The van der Waals surface area contributed by atoms with Gasteiger partial charge in [-0.05, 0) is 83.2 Å². The topological polar surface area (TPSA) is 0 Å². The molecule has 0 spiro atoms. The standard InChI is InChI=1S/C26H32.C2H6/c1-18-9-11-22-20(15-18)7-6-8-21(22)16-19-10-12-23-24(17-19)26(4,5)14-13-25(23,2)3;1-2/h9-12,15-17H,6-8,13-14H2,1-5H3;1-2H3/b21-16+;. The van der Waals surface area contributed by atoms with Crippen LogP contribution in [-0.4, -0.2) is 0 Å². The molecule has 0 saturated carbocycles. The molecule has 0 fully saturated rings. The molecule has 0 saturated heterocycles. The summed E-state index contributed by atoms with van der Waals surface area (Å²) in [5.74, 6) is 0. The van der Waals surface area contributed by atoms with Gasteiger partial charge in [0.1, 0.15) is 0 Å². The van der Waals surface area contributed by atoms with E-state index in [2.05, 4.69) is 77.1 Å². The lowest BCUT2D eigenvalue weighted by atomic mass is 9.63. The van der Waals surface area contributed by atoms with Gasteiger partial charge in [0.05, 0.1) is 0 Å². The molecule has 150 valence electrons. The molecule has 0 atom stereocenters. The molecule has 0 heteroatoms. The van der Waals surface area contributed by atoms with E-state index in [0.717, 1.165) is 0 Å². The molecule has 0 bridgehead atoms. The van der Waals surface area contributed by atoms with Gasteiger partial charge in [-0.25, -0.2) is 0 Å². The van der Waals surface area contributed by atoms with Crippen molar-refractivity contribution in [2.75, 3.05) is 0 Å². The molecule has 2 aliphatic rings. The number of rotatable bonds is 1. The van der Waals surface area contributed by atoms with Crippen molar-refractivity contribution in [2.24, 2.45) is 0 Å². The zero-order valence-electron chi connectivity index (χ0n) is 19.1. The third-order valence-electron chi connectivity index (χ3n) is 6.72. The summed E-state index contributed by atoms with van der Waals surface area (Å²) in [6, 6.07) is 14.2. The molecule has 28 heavy (non-hydrogen) atoms. The second-order valence-electron chi connectivity index (χ2n) is 9.76. The molecule has 2 aliphatic carbocycles. The van der Waals surface area contributed by atoms with Crippen LogP contribution >= 0.6 is 0 Å². The molecule has 0 heterocycles. The molecular weight excluding hydrogens is 336 g/mol. The van der Waals surface area contributed by atoms with Gasteiger partial charge in [0.2, 0.25) is 0 Å². The fraction of sp³-hybridized carbons (Fsp3) is 0.500. The van der Waals surface area contributed by atoms with E-state index >= 15 is 0 Å². The molecule has 0 amide bonds. The normalized spacial score (nSPS) is 20.6. The molecule has 0 aliphatic heterocycles. The Labute approximate surface area is 173 Å². The summed E-state index contributed by atoms with van der Waals surface area (Å²) in [5.41, 5.74) is 11.0. The predicted molar refractivity (Wildman–Crippen MR) is 125 cm³/mol. The van der Waals surface area contributed by atoms with Gasteiger partial charge in [-0.2, -0.15) is 0 Å². The van der Waals surface area contributed by atoms with Gasteiger partial charge in [-0.1, -0.05) is 89.6 Å². The first kappa shape index (κ1) is 20.9. The summed E-state index contributed by atoms with van der Waals surface area (Å²) >= 11 is 0. The van der Waals surface area contributed by atoms with Crippen molar-refractivity contribution in [3.05, 3.63) is 69.8 Å². The Morgan fingerprint density at radius 1 is 0.786 bits per heavy atom. The SMILES string of the molecule is CC.Cc1ccc2c(c1)CCC/C2=C\c1ccc2c(c1)C(C)(C)CCC2(C)C. The highest BCUT2D eigenvalue weighted by molar-refractivity contribution is 5.84. The summed E-state index contributed by atoms with van der Waals surface area (Å²) < 4.78 is 0. The van der Waals surface area contributed by atoms with Crippen molar-refractivity contribution in [3.63, 3.8) is 0 Å². The van der Waals surface area contributed by atoms with Crippen LogP contribution < -0.4 is 0 Å². The lowest BCUT2D eigenvalue weighted by Gasteiger charge is -2.42. The number of benzene rings is 2. The van der Waals surface area contributed by atoms with Crippen LogP contribution in [0.4, 0.5) is 0 Å². The Morgan fingerprint density at radius 2 is 1.46 bits per heavy atom. The van der Waals surface area contributed by atoms with Crippen LogP contribution in [0.2, 0.25) is 0 Å². The van der Waals surface area contributed by atoms with Crippen LogP contribution in [0.25, 0.3) is 11.6 Å². The third-order valence-corrected chi connectivity index (χ3v) is 6.72. The Kier molecular flexibility index (Phi) is 5.89. The van der Waals surface area contributed by atoms with Crippen LogP contribution in [0.3, 0.4) is 0 Å². The minimum absolute atomic E-state index is 0.279. The highest BCUT2D eigenvalue weighted by Crippen LogP contribution is 2.46. The van der Waals surface area contributed by atoms with Crippen LogP contribution in [-0.2, 0) is 17.3 Å². The monoisotopic (exact) mass is 374 g/mol. The number of allylic oxidation sites excluding steroid dienone is 1. The minimum atomic E-state index is 0.279. The maximum atomic E-state index is 2.48. The van der Waals surface area contributed by atoms with Crippen molar-refractivity contribution in [1.29, 1.82) is 0 Å². The average Bonchev–Trinajstić information content (AvgIpc) is 2.67. The van der Waals surface area contributed by atoms with Gasteiger partial charge in [-0.3, -0.25) is 0 Å². The van der Waals surface area contributed by atoms with Gasteiger partial charge in [-0.15, -0.1) is 0 Å². The van der Waals surface area contributed by atoms with E-state index in [4.69, 9.17) is 0 Å². The first-order chi connectivity index (χ1) is 13.3. The highest BCUT2D eigenvalue weighted by Gasteiger charge is 2.36. The zero-order chi connectivity index (χ0) is 20.5. The van der Waals surface area contributed by atoms with E-state index in [0.29, 0.717) is 5.41 Å². The predicted octanol–water partition coefficient (Wildman–Crippen LogP) is 8.25. The molecular formula is C28H38. The minimum Gasteiger partial charge on any atom is -0.0683 e. The Bertz CT molecular complexity index is 877. The van der Waals surface area contributed by atoms with Crippen LogP contribution in [0.1, 0.15) is 101 Å². The van der Waals surface area contributed by atoms with E-state index in [1.54, 1.807) is 11.1 Å². The van der Waals surface area contributed by atoms with Gasteiger partial charge in [0, 0.05) is 0 Å². The Hall–Kier alpha value is -1.82. The van der Waals surface area contributed by atoms with Gasteiger partial charge >= 0.3 is 0 Å². The number of hydrogen-bond acceptors (Lipinski definition) is 0. The van der Waals surface area contributed by atoms with E-state index < -0.39 is 0 Å². The Morgan fingerprint density at radius 3 is 2.18 bits per heavy atom. The van der Waals surface area contributed by atoms with Gasteiger partial charge in [0.25, 0.3) is 0 Å². The maximum absolute atomic E-state index is 2.48. The van der Waals surface area contributed by atoms with Crippen LogP contribution in [0.15, 0.2) is 36.4 Å². The largest absolute Gasteiger partial charge is 0.0683 e. The maximum Gasteiger partial charge on any atom is -0.0100 e. The first-order valence-electron chi connectivity index (χ1n) is 11.2. The molecule has 4 rings (SSSR count).